The van der Waals surface area contributed by atoms with Crippen molar-refractivity contribution in [2.24, 2.45) is 0 Å². The van der Waals surface area contributed by atoms with Crippen LogP contribution in [0.1, 0.15) is 15.9 Å². The summed E-state index contributed by atoms with van der Waals surface area (Å²) in [5, 5.41) is 9.52. The van der Waals surface area contributed by atoms with Crippen molar-refractivity contribution in [1.29, 1.82) is 0 Å². The van der Waals surface area contributed by atoms with E-state index in [0.29, 0.717) is 0 Å². The van der Waals surface area contributed by atoms with E-state index in [0.717, 1.165) is 25.3 Å². The maximum Gasteiger partial charge on any atom is 0.432 e. The molecule has 0 saturated heterocycles. The lowest BCUT2D eigenvalue weighted by atomic mass is 9.94. The standard InChI is InChI=1S/C11H7F3O5/c1-18-8(15)5-2-3-6-7(4-5)19-9(16)10(6,17)11(12,13)14/h2-4,17H,1H3. The average Bonchev–Trinajstić information content (AvgIpc) is 2.60. The van der Waals surface area contributed by atoms with Gasteiger partial charge in [0.15, 0.2) is 0 Å². The summed E-state index contributed by atoms with van der Waals surface area (Å²) in [6.07, 6.45) is -5.22. The third-order valence-electron chi connectivity index (χ3n) is 2.70. The van der Waals surface area contributed by atoms with Crippen molar-refractivity contribution in [3.05, 3.63) is 29.3 Å². The molecule has 1 aromatic rings. The minimum Gasteiger partial charge on any atom is -0.465 e. The molecule has 102 valence electrons. The molecule has 0 amide bonds. The Hall–Kier alpha value is -2.09. The van der Waals surface area contributed by atoms with Gasteiger partial charge in [-0.3, -0.25) is 0 Å². The number of hydrogen-bond acceptors (Lipinski definition) is 5. The number of benzene rings is 1. The summed E-state index contributed by atoms with van der Waals surface area (Å²) in [5.41, 5.74) is -4.56. The minimum absolute atomic E-state index is 0.0968. The zero-order valence-electron chi connectivity index (χ0n) is 9.45. The van der Waals surface area contributed by atoms with E-state index < -0.39 is 35.0 Å². The van der Waals surface area contributed by atoms with E-state index in [2.05, 4.69) is 9.47 Å². The van der Waals surface area contributed by atoms with Crippen molar-refractivity contribution < 1.29 is 37.3 Å². The predicted molar refractivity (Wildman–Crippen MR) is 53.4 cm³/mol. The van der Waals surface area contributed by atoms with Gasteiger partial charge < -0.3 is 14.6 Å². The number of ether oxygens (including phenoxy) is 2. The third-order valence-corrected chi connectivity index (χ3v) is 2.70. The number of carbonyl (C=O) groups is 2. The van der Waals surface area contributed by atoms with Gasteiger partial charge in [-0.1, -0.05) is 6.07 Å². The number of carbonyl (C=O) groups excluding carboxylic acids is 2. The van der Waals surface area contributed by atoms with Gasteiger partial charge in [0.2, 0.25) is 0 Å². The van der Waals surface area contributed by atoms with Crippen LogP contribution in [0, 0.1) is 0 Å². The number of methoxy groups -OCH3 is 1. The van der Waals surface area contributed by atoms with Crippen LogP contribution in [0.25, 0.3) is 0 Å². The quantitative estimate of drug-likeness (QED) is 0.615. The molecule has 0 spiro atoms. The number of fused-ring (bicyclic) bond motifs is 1. The predicted octanol–water partition coefficient (Wildman–Crippen LogP) is 1.14. The van der Waals surface area contributed by atoms with E-state index in [-0.39, 0.29) is 5.56 Å². The fourth-order valence-corrected chi connectivity index (χ4v) is 1.70. The van der Waals surface area contributed by atoms with Gasteiger partial charge in [0.05, 0.1) is 12.7 Å². The van der Waals surface area contributed by atoms with Crippen LogP contribution in [0.2, 0.25) is 0 Å². The second-order valence-corrected chi connectivity index (χ2v) is 3.80. The Balaban J connectivity index is 2.56. The van der Waals surface area contributed by atoms with Crippen LogP contribution >= 0.6 is 0 Å². The fourth-order valence-electron chi connectivity index (χ4n) is 1.70. The van der Waals surface area contributed by atoms with Gasteiger partial charge in [-0.05, 0) is 12.1 Å². The van der Waals surface area contributed by atoms with Gasteiger partial charge in [-0.2, -0.15) is 13.2 Å². The van der Waals surface area contributed by atoms with Gasteiger partial charge in [0.1, 0.15) is 5.75 Å². The summed E-state index contributed by atoms with van der Waals surface area (Å²) >= 11 is 0. The van der Waals surface area contributed by atoms with Crippen LogP contribution in [0.15, 0.2) is 18.2 Å². The zero-order chi connectivity index (χ0) is 14.4. The molecule has 1 N–H and O–H groups in total. The van der Waals surface area contributed by atoms with E-state index in [1.807, 2.05) is 0 Å². The first kappa shape index (κ1) is 13.3. The minimum atomic E-state index is -5.22. The lowest BCUT2D eigenvalue weighted by Gasteiger charge is -2.22. The molecular weight excluding hydrogens is 269 g/mol. The summed E-state index contributed by atoms with van der Waals surface area (Å²) < 4.78 is 47.0. The maximum atomic E-state index is 12.8. The van der Waals surface area contributed by atoms with E-state index in [1.165, 1.54) is 0 Å². The molecule has 0 bridgehead atoms. The number of halogens is 3. The largest absolute Gasteiger partial charge is 0.465 e. The highest BCUT2D eigenvalue weighted by atomic mass is 19.4. The summed E-state index contributed by atoms with van der Waals surface area (Å²) in [6, 6.07) is 2.71. The van der Waals surface area contributed by atoms with Crippen molar-refractivity contribution >= 4 is 11.9 Å². The van der Waals surface area contributed by atoms with E-state index in [1.54, 1.807) is 0 Å². The molecule has 1 aliphatic heterocycles. The van der Waals surface area contributed by atoms with Crippen molar-refractivity contribution in [3.63, 3.8) is 0 Å². The molecule has 1 atom stereocenters. The molecule has 0 aliphatic carbocycles. The highest BCUT2D eigenvalue weighted by Gasteiger charge is 2.66. The summed E-state index contributed by atoms with van der Waals surface area (Å²) in [5.74, 6) is -3.17. The summed E-state index contributed by atoms with van der Waals surface area (Å²) in [7, 11) is 1.09. The molecule has 0 radical (unpaired) electrons. The number of esters is 2. The highest BCUT2D eigenvalue weighted by molar-refractivity contribution is 5.94. The molecule has 1 heterocycles. The van der Waals surface area contributed by atoms with Crippen molar-refractivity contribution in [2.75, 3.05) is 7.11 Å². The number of hydrogen-bond donors (Lipinski definition) is 1. The SMILES string of the molecule is COC(=O)c1ccc2c(c1)OC(=O)C2(O)C(F)(F)F. The van der Waals surface area contributed by atoms with Gasteiger partial charge in [-0.15, -0.1) is 0 Å². The lowest BCUT2D eigenvalue weighted by Crippen LogP contribution is -2.47. The second-order valence-electron chi connectivity index (χ2n) is 3.80. The topological polar surface area (TPSA) is 72.8 Å². The van der Waals surface area contributed by atoms with Crippen LogP contribution in [-0.4, -0.2) is 30.3 Å². The molecule has 0 aromatic heterocycles. The number of alkyl halides is 3. The van der Waals surface area contributed by atoms with Crippen molar-refractivity contribution in [3.8, 4) is 5.75 Å². The first-order chi connectivity index (χ1) is 8.71. The molecule has 1 unspecified atom stereocenters. The molecule has 8 heteroatoms. The van der Waals surface area contributed by atoms with E-state index in [4.69, 9.17) is 0 Å². The summed E-state index contributed by atoms with van der Waals surface area (Å²) in [6.45, 7) is 0. The number of aliphatic hydroxyl groups is 1. The molecule has 0 saturated carbocycles. The molecule has 2 rings (SSSR count). The van der Waals surface area contributed by atoms with Crippen LogP contribution in [0.5, 0.6) is 5.75 Å². The first-order valence-electron chi connectivity index (χ1n) is 4.96. The Bertz CT molecular complexity index is 566. The smallest absolute Gasteiger partial charge is 0.432 e. The van der Waals surface area contributed by atoms with Crippen LogP contribution in [-0.2, 0) is 15.1 Å². The normalized spacial score (nSPS) is 21.8. The van der Waals surface area contributed by atoms with E-state index >= 15 is 0 Å². The van der Waals surface area contributed by atoms with Crippen LogP contribution in [0.3, 0.4) is 0 Å². The van der Waals surface area contributed by atoms with Gasteiger partial charge in [0, 0.05) is 5.56 Å². The van der Waals surface area contributed by atoms with Crippen LogP contribution in [0.4, 0.5) is 13.2 Å². The second kappa shape index (κ2) is 3.95. The Labute approximate surface area is 104 Å². The van der Waals surface area contributed by atoms with Gasteiger partial charge in [0.25, 0.3) is 5.60 Å². The monoisotopic (exact) mass is 276 g/mol. The fraction of sp³-hybridized carbons (Fsp3) is 0.273. The van der Waals surface area contributed by atoms with Crippen molar-refractivity contribution in [2.45, 2.75) is 11.8 Å². The lowest BCUT2D eigenvalue weighted by molar-refractivity contribution is -0.258. The van der Waals surface area contributed by atoms with Crippen LogP contribution < -0.4 is 4.74 Å². The summed E-state index contributed by atoms with van der Waals surface area (Å²) in [4.78, 5) is 22.4. The first-order valence-corrected chi connectivity index (χ1v) is 4.96. The molecule has 1 aromatic carbocycles. The average molecular weight is 276 g/mol. The Kier molecular flexibility index (Phi) is 2.78. The third kappa shape index (κ3) is 1.75. The molecule has 5 nitrogen and oxygen atoms in total. The van der Waals surface area contributed by atoms with Gasteiger partial charge >= 0.3 is 18.1 Å². The zero-order valence-corrected chi connectivity index (χ0v) is 9.45. The highest BCUT2D eigenvalue weighted by Crippen LogP contribution is 2.48. The molecular formula is C11H7F3O5. The Morgan fingerprint density at radius 1 is 1.42 bits per heavy atom. The van der Waals surface area contributed by atoms with Crippen molar-refractivity contribution in [1.82, 2.24) is 0 Å². The Morgan fingerprint density at radius 3 is 2.58 bits per heavy atom. The molecule has 19 heavy (non-hydrogen) atoms. The van der Waals surface area contributed by atoms with E-state index in [9.17, 15) is 27.9 Å². The van der Waals surface area contributed by atoms with Gasteiger partial charge in [-0.25, -0.2) is 9.59 Å². The number of rotatable bonds is 1. The maximum absolute atomic E-state index is 12.8. The molecule has 1 aliphatic rings. The molecule has 0 fully saturated rings. The Morgan fingerprint density at radius 2 is 2.05 bits per heavy atom.